The quantitative estimate of drug-likeness (QED) is 0.653. The highest BCUT2D eigenvalue weighted by Crippen LogP contribution is 2.34. The number of anilines is 1. The van der Waals surface area contributed by atoms with E-state index < -0.39 is 6.23 Å². The van der Waals surface area contributed by atoms with Gasteiger partial charge < -0.3 is 10.0 Å². The lowest BCUT2D eigenvalue weighted by Crippen LogP contribution is -2.49. The number of Topliss-reactive ketones (excluding diaryl/α,β-unsaturated/α-hetero) is 1. The van der Waals surface area contributed by atoms with Gasteiger partial charge in [-0.05, 0) is 28.8 Å². The van der Waals surface area contributed by atoms with Crippen molar-refractivity contribution in [1.29, 1.82) is 0 Å². The summed E-state index contributed by atoms with van der Waals surface area (Å²) >= 11 is 0. The summed E-state index contributed by atoms with van der Waals surface area (Å²) in [6, 6.07) is 26.6. The number of rotatable bonds is 6. The van der Waals surface area contributed by atoms with Gasteiger partial charge in [0.05, 0.1) is 5.69 Å². The van der Waals surface area contributed by atoms with Crippen molar-refractivity contribution in [2.24, 2.45) is 0 Å². The van der Waals surface area contributed by atoms with Crippen LogP contribution in [0.2, 0.25) is 0 Å². The van der Waals surface area contributed by atoms with Crippen LogP contribution in [0.15, 0.2) is 78.9 Å². The summed E-state index contributed by atoms with van der Waals surface area (Å²) in [5, 5.41) is 10.6. The molecule has 0 amide bonds. The molecule has 3 aromatic rings. The molecule has 0 aliphatic carbocycles. The van der Waals surface area contributed by atoms with Crippen molar-refractivity contribution in [3.05, 3.63) is 90.0 Å². The molecule has 1 atom stereocenters. The minimum Gasteiger partial charge on any atom is -0.367 e. The molecule has 1 unspecified atom stereocenters. The predicted molar refractivity (Wildman–Crippen MR) is 128 cm³/mol. The number of aliphatic hydroxyl groups is 1. The number of ketones is 1. The molecular weight excluding hydrogens is 398 g/mol. The zero-order valence-electron chi connectivity index (χ0n) is 18.2. The molecule has 3 aromatic carbocycles. The van der Waals surface area contributed by atoms with Crippen LogP contribution in [0, 0.1) is 0 Å². The lowest BCUT2D eigenvalue weighted by molar-refractivity contribution is 0.0758. The average molecular weight is 428 g/mol. The van der Waals surface area contributed by atoms with E-state index in [0.717, 1.165) is 56.1 Å². The Hall–Kier alpha value is -2.99. The van der Waals surface area contributed by atoms with Crippen LogP contribution in [0.5, 0.6) is 0 Å². The number of nitrogens with zero attached hydrogens (tertiary/aromatic N) is 3. The van der Waals surface area contributed by atoms with Crippen LogP contribution in [0.4, 0.5) is 5.69 Å². The van der Waals surface area contributed by atoms with E-state index in [0.29, 0.717) is 12.1 Å². The van der Waals surface area contributed by atoms with Crippen LogP contribution in [-0.4, -0.2) is 66.2 Å². The molecule has 164 valence electrons. The lowest BCUT2D eigenvalue weighted by atomic mass is 10.0. The number of aliphatic hydroxyl groups excluding tert-OH is 1. The molecule has 1 fully saturated rings. The van der Waals surface area contributed by atoms with Gasteiger partial charge >= 0.3 is 0 Å². The highest BCUT2D eigenvalue weighted by atomic mass is 16.3. The van der Waals surface area contributed by atoms with Gasteiger partial charge in [-0.2, -0.15) is 0 Å². The third kappa shape index (κ3) is 4.32. The molecular formula is C27H29N3O2. The largest absolute Gasteiger partial charge is 0.367 e. The fourth-order valence-corrected chi connectivity index (χ4v) is 4.71. The summed E-state index contributed by atoms with van der Waals surface area (Å²) in [6.45, 7) is 6.55. The molecule has 2 aliphatic rings. The van der Waals surface area contributed by atoms with E-state index in [-0.39, 0.29) is 5.78 Å². The van der Waals surface area contributed by atoms with Gasteiger partial charge in [0, 0.05) is 51.4 Å². The molecule has 5 nitrogen and oxygen atoms in total. The maximum absolute atomic E-state index is 12.7. The Morgan fingerprint density at radius 1 is 0.750 bits per heavy atom. The van der Waals surface area contributed by atoms with Crippen molar-refractivity contribution >= 4 is 11.5 Å². The highest BCUT2D eigenvalue weighted by Gasteiger charge is 2.36. The normalized spacial score (nSPS) is 19.3. The number of fused-ring (bicyclic) bond motifs is 1. The Labute approximate surface area is 189 Å². The first-order valence-corrected chi connectivity index (χ1v) is 11.4. The topological polar surface area (TPSA) is 47.0 Å². The maximum atomic E-state index is 12.7. The second kappa shape index (κ2) is 9.25. The molecule has 2 aliphatic heterocycles. The van der Waals surface area contributed by atoms with Gasteiger partial charge in [-0.15, -0.1) is 0 Å². The van der Waals surface area contributed by atoms with Crippen LogP contribution in [0.25, 0.3) is 11.1 Å². The summed E-state index contributed by atoms with van der Waals surface area (Å²) in [5.41, 5.74) is 4.88. The first-order chi connectivity index (χ1) is 15.7. The van der Waals surface area contributed by atoms with E-state index in [9.17, 15) is 9.90 Å². The molecule has 0 aromatic heterocycles. The number of carbonyl (C=O) groups is 1. The molecule has 0 saturated carbocycles. The minimum atomic E-state index is -1.09. The van der Waals surface area contributed by atoms with Gasteiger partial charge in [-0.25, -0.2) is 0 Å². The summed E-state index contributed by atoms with van der Waals surface area (Å²) in [7, 11) is 0. The molecule has 0 spiro atoms. The fourth-order valence-electron chi connectivity index (χ4n) is 4.71. The van der Waals surface area contributed by atoms with Crippen LogP contribution >= 0.6 is 0 Å². The van der Waals surface area contributed by atoms with Crippen LogP contribution in [-0.2, 0) is 6.54 Å². The van der Waals surface area contributed by atoms with Crippen molar-refractivity contribution in [2.45, 2.75) is 12.8 Å². The number of piperazine rings is 1. The van der Waals surface area contributed by atoms with E-state index in [1.54, 1.807) is 0 Å². The Kier molecular flexibility index (Phi) is 6.04. The summed E-state index contributed by atoms with van der Waals surface area (Å²) in [6.07, 6.45) is -1.09. The second-order valence-electron chi connectivity index (χ2n) is 8.63. The Bertz CT molecular complexity index is 1060. The van der Waals surface area contributed by atoms with Crippen molar-refractivity contribution in [1.82, 2.24) is 9.80 Å². The zero-order chi connectivity index (χ0) is 21.9. The molecule has 0 bridgehead atoms. The van der Waals surface area contributed by atoms with E-state index in [2.05, 4.69) is 40.1 Å². The third-order valence-corrected chi connectivity index (χ3v) is 6.58. The van der Waals surface area contributed by atoms with E-state index >= 15 is 0 Å². The van der Waals surface area contributed by atoms with Gasteiger partial charge in [0.25, 0.3) is 0 Å². The maximum Gasteiger partial charge on any atom is 0.214 e. The smallest absolute Gasteiger partial charge is 0.214 e. The van der Waals surface area contributed by atoms with E-state index in [1.807, 2.05) is 53.4 Å². The number of hydrogen-bond acceptors (Lipinski definition) is 5. The SMILES string of the molecule is O=C1c2cc(-c3ccccc3)ccc2N(CCN2CCN(Cc3ccccc3)CC2)C1O. The Balaban J connectivity index is 1.19. The molecule has 0 radical (unpaired) electrons. The Morgan fingerprint density at radius 2 is 1.41 bits per heavy atom. The molecule has 2 heterocycles. The second-order valence-corrected chi connectivity index (χ2v) is 8.63. The van der Waals surface area contributed by atoms with Crippen LogP contribution < -0.4 is 4.90 Å². The highest BCUT2D eigenvalue weighted by molar-refractivity contribution is 6.10. The van der Waals surface area contributed by atoms with Gasteiger partial charge in [0.15, 0.2) is 6.23 Å². The first-order valence-electron chi connectivity index (χ1n) is 11.4. The van der Waals surface area contributed by atoms with Crippen molar-refractivity contribution < 1.29 is 9.90 Å². The zero-order valence-corrected chi connectivity index (χ0v) is 18.2. The van der Waals surface area contributed by atoms with Gasteiger partial charge in [0.1, 0.15) is 0 Å². The molecule has 5 heteroatoms. The van der Waals surface area contributed by atoms with Crippen LogP contribution in [0.1, 0.15) is 15.9 Å². The van der Waals surface area contributed by atoms with Crippen molar-refractivity contribution in [3.8, 4) is 11.1 Å². The number of benzene rings is 3. The minimum absolute atomic E-state index is 0.203. The third-order valence-electron chi connectivity index (χ3n) is 6.58. The van der Waals surface area contributed by atoms with Gasteiger partial charge in [-0.1, -0.05) is 66.7 Å². The summed E-state index contributed by atoms with van der Waals surface area (Å²) in [4.78, 5) is 19.5. The van der Waals surface area contributed by atoms with Crippen molar-refractivity contribution in [3.63, 3.8) is 0 Å². The molecule has 32 heavy (non-hydrogen) atoms. The first kappa shape index (κ1) is 20.9. The van der Waals surface area contributed by atoms with Gasteiger partial charge in [0.2, 0.25) is 5.78 Å². The van der Waals surface area contributed by atoms with Crippen molar-refractivity contribution in [2.75, 3.05) is 44.2 Å². The standard InChI is InChI=1S/C27H29N3O2/c31-26-24-19-23(22-9-5-2-6-10-22)11-12-25(24)30(27(26)32)18-17-28-13-15-29(16-14-28)20-21-7-3-1-4-8-21/h1-12,19,27,32H,13-18,20H2. The van der Waals surface area contributed by atoms with Gasteiger partial charge in [-0.3, -0.25) is 14.6 Å². The van der Waals surface area contributed by atoms with Crippen LogP contribution in [0.3, 0.4) is 0 Å². The monoisotopic (exact) mass is 427 g/mol. The molecule has 1 N–H and O–H groups in total. The summed E-state index contributed by atoms with van der Waals surface area (Å²) < 4.78 is 0. The fraction of sp³-hybridized carbons (Fsp3) is 0.296. The molecule has 5 rings (SSSR count). The predicted octanol–water partition coefficient (Wildman–Crippen LogP) is 3.49. The summed E-state index contributed by atoms with van der Waals surface area (Å²) in [5.74, 6) is -0.203. The van der Waals surface area contributed by atoms with E-state index in [1.165, 1.54) is 5.56 Å². The number of hydrogen-bond donors (Lipinski definition) is 1. The average Bonchev–Trinajstić information content (AvgIpc) is 3.09. The molecule has 1 saturated heterocycles. The Morgan fingerprint density at radius 3 is 2.12 bits per heavy atom. The van der Waals surface area contributed by atoms with E-state index in [4.69, 9.17) is 0 Å². The number of carbonyl (C=O) groups excluding carboxylic acids is 1. The lowest BCUT2D eigenvalue weighted by Gasteiger charge is -2.36.